The molecule has 164 valence electrons. The summed E-state index contributed by atoms with van der Waals surface area (Å²) in [5, 5.41) is 0.192. The molecule has 1 aliphatic rings. The number of sulfone groups is 1. The molecular weight excluding hydrogens is 500 g/mol. The van der Waals surface area contributed by atoms with Crippen molar-refractivity contribution in [3.05, 3.63) is 69.4 Å². The summed E-state index contributed by atoms with van der Waals surface area (Å²) in [6, 6.07) is 5.15. The quantitative estimate of drug-likeness (QED) is 0.452. The Hall–Kier alpha value is -0.760. The van der Waals surface area contributed by atoms with E-state index < -0.39 is 66.2 Å². The van der Waals surface area contributed by atoms with Crippen LogP contribution in [-0.2, 0) is 24.6 Å². The first-order valence-electron chi connectivity index (χ1n) is 8.19. The molecule has 31 heavy (non-hydrogen) atoms. The van der Waals surface area contributed by atoms with Gasteiger partial charge in [-0.05, 0) is 55.3 Å². The molecule has 2 aromatic carbocycles. The number of sulfonamides is 1. The minimum atomic E-state index is -5.88. The van der Waals surface area contributed by atoms with Crippen molar-refractivity contribution < 1.29 is 68.3 Å². The average Bonchev–Trinajstić information content (AvgIpc) is 2.59. The summed E-state index contributed by atoms with van der Waals surface area (Å²) in [7, 11) is -10.4. The van der Waals surface area contributed by atoms with Gasteiger partial charge in [-0.15, -0.1) is 6.04 Å². The summed E-state index contributed by atoms with van der Waals surface area (Å²) in [4.78, 5) is -0.340. The number of rotatable bonds is 5. The number of halogens is 6. The third kappa shape index (κ3) is 4.80. The van der Waals surface area contributed by atoms with Gasteiger partial charge in [-0.3, -0.25) is 0 Å². The molecule has 14 heteroatoms. The Morgan fingerprint density at radius 1 is 0.968 bits per heavy atom. The predicted octanol–water partition coefficient (Wildman–Crippen LogP) is 1.68. The Kier molecular flexibility index (Phi) is 7.59. The van der Waals surface area contributed by atoms with E-state index in [-0.39, 0.29) is 39.5 Å². The Bertz CT molecular complexity index is 1180. The van der Waals surface area contributed by atoms with Crippen LogP contribution >= 0.6 is 11.6 Å². The minimum absolute atomic E-state index is 0. The standard InChI is InChI=1S/C17H12ClF5NO4S2.Na/c18-10-1-4-13(5-2-10)29(25,26)16(14-7-11(19)3-6-15(14)20)8-12(9-16)24-30(27,28)17(21,22)23;/h1-7,12H,8-9H2;/q-1;+1. The smallest absolute Gasteiger partial charge is 0.538 e. The van der Waals surface area contributed by atoms with Gasteiger partial charge >= 0.3 is 35.1 Å². The first-order chi connectivity index (χ1) is 13.7. The van der Waals surface area contributed by atoms with Gasteiger partial charge < -0.3 is 4.72 Å². The van der Waals surface area contributed by atoms with Gasteiger partial charge in [-0.1, -0.05) is 11.6 Å². The molecule has 0 amide bonds. The van der Waals surface area contributed by atoms with Crippen LogP contribution in [0.4, 0.5) is 22.0 Å². The fourth-order valence-corrected chi connectivity index (χ4v) is 6.30. The Morgan fingerprint density at radius 2 is 1.52 bits per heavy atom. The molecule has 1 fully saturated rings. The zero-order valence-electron chi connectivity index (χ0n) is 15.7. The van der Waals surface area contributed by atoms with Crippen molar-refractivity contribution in [2.75, 3.05) is 0 Å². The van der Waals surface area contributed by atoms with Gasteiger partial charge in [0.1, 0.15) is 16.4 Å². The monoisotopic (exact) mass is 511 g/mol. The van der Waals surface area contributed by atoms with E-state index in [2.05, 4.69) is 4.72 Å². The van der Waals surface area contributed by atoms with Crippen LogP contribution in [0.2, 0.25) is 5.02 Å². The average molecular weight is 512 g/mol. The maximum atomic E-state index is 14.5. The van der Waals surface area contributed by atoms with Gasteiger partial charge in [0.25, 0.3) is 0 Å². The van der Waals surface area contributed by atoms with Crippen molar-refractivity contribution in [3.63, 3.8) is 0 Å². The molecule has 0 heterocycles. The Morgan fingerprint density at radius 3 is 2.03 bits per heavy atom. The summed E-state index contributed by atoms with van der Waals surface area (Å²) < 4.78 is 116. The summed E-state index contributed by atoms with van der Waals surface area (Å²) in [6.45, 7) is 0. The second-order valence-electron chi connectivity index (χ2n) is 6.66. The van der Waals surface area contributed by atoms with E-state index >= 15 is 0 Å². The first-order valence-corrected chi connectivity index (χ1v) is 11.5. The minimum Gasteiger partial charge on any atom is -0.538 e. The normalized spacial score (nSPS) is 21.8. The van der Waals surface area contributed by atoms with Crippen LogP contribution in [0.5, 0.6) is 0 Å². The van der Waals surface area contributed by atoms with Gasteiger partial charge in [-0.2, -0.15) is 13.2 Å². The van der Waals surface area contributed by atoms with Crippen molar-refractivity contribution in [1.82, 2.24) is 0 Å². The number of benzene rings is 2. The molecule has 3 rings (SSSR count). The van der Waals surface area contributed by atoms with Crippen LogP contribution in [0.15, 0.2) is 47.4 Å². The summed E-state index contributed by atoms with van der Waals surface area (Å²) in [6.07, 6.45) is -1.57. The zero-order valence-corrected chi connectivity index (χ0v) is 20.1. The van der Waals surface area contributed by atoms with Crippen molar-refractivity contribution in [3.8, 4) is 0 Å². The summed E-state index contributed by atoms with van der Waals surface area (Å²) >= 11 is 5.73. The van der Waals surface area contributed by atoms with Gasteiger partial charge in [0.15, 0.2) is 19.9 Å². The van der Waals surface area contributed by atoms with E-state index in [0.717, 1.165) is 18.2 Å². The maximum Gasteiger partial charge on any atom is 1.00 e. The van der Waals surface area contributed by atoms with Crippen LogP contribution in [-0.4, -0.2) is 28.4 Å². The van der Waals surface area contributed by atoms with Crippen LogP contribution in [0.25, 0.3) is 4.72 Å². The van der Waals surface area contributed by atoms with Crippen LogP contribution in [0, 0.1) is 11.6 Å². The molecule has 2 aromatic rings. The van der Waals surface area contributed by atoms with Gasteiger partial charge in [0.05, 0.1) is 4.90 Å². The van der Waals surface area contributed by atoms with Crippen molar-refractivity contribution in [2.24, 2.45) is 0 Å². The molecule has 0 unspecified atom stereocenters. The van der Waals surface area contributed by atoms with Crippen LogP contribution in [0.1, 0.15) is 18.4 Å². The van der Waals surface area contributed by atoms with Crippen molar-refractivity contribution in [2.45, 2.75) is 34.0 Å². The topological polar surface area (TPSA) is 82.4 Å². The summed E-state index contributed by atoms with van der Waals surface area (Å²) in [5.74, 6) is -2.08. The molecule has 0 aromatic heterocycles. The number of nitrogens with zero attached hydrogens (tertiary/aromatic N) is 1. The second kappa shape index (κ2) is 8.88. The van der Waals surface area contributed by atoms with E-state index in [1.54, 1.807) is 0 Å². The second-order valence-corrected chi connectivity index (χ2v) is 11.0. The number of hydrogen-bond acceptors (Lipinski definition) is 4. The largest absolute Gasteiger partial charge is 1.00 e. The molecule has 5 nitrogen and oxygen atoms in total. The van der Waals surface area contributed by atoms with Gasteiger partial charge in [0, 0.05) is 10.6 Å². The van der Waals surface area contributed by atoms with E-state index in [1.807, 2.05) is 0 Å². The van der Waals surface area contributed by atoms with Gasteiger partial charge in [-0.25, -0.2) is 25.6 Å². The first kappa shape index (κ1) is 26.5. The SMILES string of the molecule is O=S(=O)([N-]C1CC(c2cc(F)ccc2F)(S(=O)(=O)c2ccc(Cl)cc2)C1)C(F)(F)F.[Na+]. The molecule has 0 N–H and O–H groups in total. The third-order valence-electron chi connectivity index (χ3n) is 4.77. The molecular formula is C17H12ClF5NNaO4S2. The Balaban J connectivity index is 0.00000341. The number of alkyl halides is 3. The molecule has 1 aliphatic carbocycles. The molecule has 0 saturated heterocycles. The zero-order chi connectivity index (χ0) is 22.5. The molecule has 0 spiro atoms. The third-order valence-corrected chi connectivity index (χ3v) is 8.66. The molecule has 0 radical (unpaired) electrons. The van der Waals surface area contributed by atoms with E-state index in [0.29, 0.717) is 12.1 Å². The van der Waals surface area contributed by atoms with E-state index in [9.17, 15) is 38.8 Å². The van der Waals surface area contributed by atoms with Crippen LogP contribution < -0.4 is 29.6 Å². The van der Waals surface area contributed by atoms with E-state index in [1.165, 1.54) is 12.1 Å². The van der Waals surface area contributed by atoms with E-state index in [4.69, 9.17) is 11.6 Å². The fraction of sp³-hybridized carbons (Fsp3) is 0.294. The maximum absolute atomic E-state index is 14.5. The summed E-state index contributed by atoms with van der Waals surface area (Å²) in [5.41, 5.74) is -6.28. The number of hydrogen-bond donors (Lipinski definition) is 0. The molecule has 0 atom stereocenters. The van der Waals surface area contributed by atoms with Crippen molar-refractivity contribution in [1.29, 1.82) is 0 Å². The Labute approximate surface area is 202 Å². The van der Waals surface area contributed by atoms with Crippen LogP contribution in [0.3, 0.4) is 0 Å². The fourth-order valence-electron chi connectivity index (χ4n) is 3.30. The van der Waals surface area contributed by atoms with Gasteiger partial charge in [0.2, 0.25) is 0 Å². The molecule has 0 aliphatic heterocycles. The predicted molar refractivity (Wildman–Crippen MR) is 98.0 cm³/mol. The van der Waals surface area contributed by atoms with Crippen molar-refractivity contribution >= 4 is 31.5 Å². The molecule has 1 saturated carbocycles. The molecule has 0 bridgehead atoms.